The van der Waals surface area contributed by atoms with Crippen LogP contribution in [0.4, 0.5) is 33.5 Å². The number of ether oxygens (including phenoxy) is 1. The standard InChI is InChI=1S/C45H48FN11O8S/c1-3-40(59)56-13-4-5-33(56)30-19-49-41(31-20-48-38(18-28(30)31)50-37-10-12-47-45(51-37)54-14-11-35(65-2)32(46)23-54)55-21-25(22-55)36-24-53(15-16-66(36,63)64)26-6-7-27-29(17-26)44(62)57(43(27)61)34-8-9-39(58)52-42(34)60/h3,6-7,10,12,17-20,25,32-36H,1,4-5,8-9,11,13-16,21-24H2,2H3,(H,52,58,60)(H,47,48,50,51)/t32-,33?,34?,35+,36?/m0/s1. The Bertz CT molecular complexity index is 2810. The fourth-order valence-electron chi connectivity index (χ4n) is 10.3. The summed E-state index contributed by atoms with van der Waals surface area (Å²) in [5.41, 5.74) is 1.70. The molecule has 5 atom stereocenters. The second kappa shape index (κ2) is 17.0. The Morgan fingerprint density at radius 1 is 0.879 bits per heavy atom. The molecule has 6 aliphatic rings. The molecule has 1 aromatic carbocycles. The summed E-state index contributed by atoms with van der Waals surface area (Å²) in [7, 11) is -2.01. The number of aromatic nitrogens is 4. The summed E-state index contributed by atoms with van der Waals surface area (Å²) in [6.07, 6.45) is 6.84. The summed E-state index contributed by atoms with van der Waals surface area (Å²) in [5, 5.41) is 6.29. The first kappa shape index (κ1) is 43.3. The van der Waals surface area contributed by atoms with Crippen LogP contribution in [0, 0.1) is 5.92 Å². The molecule has 0 spiro atoms. The van der Waals surface area contributed by atoms with Crippen LogP contribution in [-0.4, -0.2) is 150 Å². The highest BCUT2D eigenvalue weighted by atomic mass is 32.2. The molecule has 0 saturated carbocycles. The highest BCUT2D eigenvalue weighted by Crippen LogP contribution is 2.42. The maximum atomic E-state index is 14.8. The largest absolute Gasteiger partial charge is 0.378 e. The Balaban J connectivity index is 0.887. The van der Waals surface area contributed by atoms with Crippen LogP contribution in [0.3, 0.4) is 0 Å². The van der Waals surface area contributed by atoms with Gasteiger partial charge in [-0.05, 0) is 67.5 Å². The maximum Gasteiger partial charge on any atom is 0.262 e. The number of fused-ring (bicyclic) bond motifs is 2. The zero-order chi connectivity index (χ0) is 46.0. The van der Waals surface area contributed by atoms with Crippen LogP contribution >= 0.6 is 0 Å². The van der Waals surface area contributed by atoms with E-state index >= 15 is 0 Å². The number of carbonyl (C=O) groups excluding carboxylic acids is 5. The summed E-state index contributed by atoms with van der Waals surface area (Å²) in [4.78, 5) is 91.5. The number of benzene rings is 1. The molecule has 5 saturated heterocycles. The highest BCUT2D eigenvalue weighted by molar-refractivity contribution is 7.92. The van der Waals surface area contributed by atoms with Gasteiger partial charge in [-0.2, -0.15) is 4.98 Å². The topological polar surface area (TPSA) is 221 Å². The Kier molecular flexibility index (Phi) is 11.1. The number of sulfone groups is 1. The zero-order valence-electron chi connectivity index (χ0n) is 36.1. The number of nitrogens with one attached hydrogen (secondary N) is 2. The molecule has 344 valence electrons. The quantitative estimate of drug-likeness (QED) is 0.173. The molecule has 4 aromatic rings. The van der Waals surface area contributed by atoms with E-state index in [4.69, 9.17) is 14.7 Å². The van der Waals surface area contributed by atoms with Crippen molar-refractivity contribution < 1.29 is 41.5 Å². The molecule has 3 unspecified atom stereocenters. The van der Waals surface area contributed by atoms with Crippen LogP contribution in [0.5, 0.6) is 0 Å². The van der Waals surface area contributed by atoms with Gasteiger partial charge >= 0.3 is 0 Å². The molecular formula is C45H48FN11O8S. The molecular weight excluding hydrogens is 874 g/mol. The second-order valence-electron chi connectivity index (χ2n) is 17.6. The molecule has 0 aliphatic carbocycles. The highest BCUT2D eigenvalue weighted by Gasteiger charge is 2.47. The van der Waals surface area contributed by atoms with Crippen molar-refractivity contribution in [2.45, 2.75) is 61.7 Å². The number of halogens is 1. The van der Waals surface area contributed by atoms with E-state index in [1.165, 1.54) is 19.3 Å². The van der Waals surface area contributed by atoms with E-state index < -0.39 is 57.0 Å². The molecule has 9 heterocycles. The molecule has 5 amide bonds. The Hall–Kier alpha value is -6.61. The molecule has 10 rings (SSSR count). The van der Waals surface area contributed by atoms with Crippen LogP contribution in [0.15, 0.2) is 61.6 Å². The second-order valence-corrected chi connectivity index (χ2v) is 20.0. The predicted octanol–water partition coefficient (Wildman–Crippen LogP) is 2.72. The van der Waals surface area contributed by atoms with Crippen molar-refractivity contribution in [3.8, 4) is 0 Å². The number of imide groups is 2. The number of pyridine rings is 2. The zero-order valence-corrected chi connectivity index (χ0v) is 37.0. The number of methoxy groups -OCH3 is 1. The van der Waals surface area contributed by atoms with Gasteiger partial charge in [-0.15, -0.1) is 0 Å². The molecule has 2 N–H and O–H groups in total. The molecule has 5 fully saturated rings. The van der Waals surface area contributed by atoms with Crippen molar-refractivity contribution in [1.82, 2.24) is 35.1 Å². The number of anilines is 5. The summed E-state index contributed by atoms with van der Waals surface area (Å²) >= 11 is 0. The lowest BCUT2D eigenvalue weighted by Gasteiger charge is -2.47. The van der Waals surface area contributed by atoms with E-state index in [0.29, 0.717) is 61.7 Å². The Morgan fingerprint density at radius 3 is 2.47 bits per heavy atom. The first-order chi connectivity index (χ1) is 31.8. The van der Waals surface area contributed by atoms with Crippen molar-refractivity contribution in [2.75, 3.05) is 78.7 Å². The number of nitrogens with zero attached hydrogens (tertiary/aromatic N) is 9. The summed E-state index contributed by atoms with van der Waals surface area (Å²) < 4.78 is 47.5. The Labute approximate surface area is 379 Å². The number of rotatable bonds is 10. The minimum Gasteiger partial charge on any atom is -0.378 e. The van der Waals surface area contributed by atoms with Crippen molar-refractivity contribution in [2.24, 2.45) is 5.92 Å². The lowest BCUT2D eigenvalue weighted by molar-refractivity contribution is -0.136. The van der Waals surface area contributed by atoms with Crippen molar-refractivity contribution in [3.05, 3.63) is 78.3 Å². The number of carbonyl (C=O) groups is 5. The number of hydrogen-bond donors (Lipinski definition) is 2. The number of alkyl halides is 1. The van der Waals surface area contributed by atoms with Crippen LogP contribution in [0.25, 0.3) is 10.8 Å². The first-order valence-electron chi connectivity index (χ1n) is 22.1. The third-order valence-corrected chi connectivity index (χ3v) is 16.1. The lowest BCUT2D eigenvalue weighted by Crippen LogP contribution is -2.60. The number of amides is 5. The monoisotopic (exact) mass is 921 g/mol. The first-order valence-corrected chi connectivity index (χ1v) is 23.8. The van der Waals surface area contributed by atoms with Gasteiger partial charge in [0.1, 0.15) is 29.7 Å². The van der Waals surface area contributed by atoms with Gasteiger partial charge in [-0.3, -0.25) is 34.2 Å². The minimum atomic E-state index is -3.52. The lowest BCUT2D eigenvalue weighted by atomic mass is 9.93. The van der Waals surface area contributed by atoms with E-state index in [1.807, 2.05) is 15.9 Å². The molecule has 21 heteroatoms. The summed E-state index contributed by atoms with van der Waals surface area (Å²) in [6.45, 7) is 6.08. The van der Waals surface area contributed by atoms with Gasteiger partial charge in [0.15, 0.2) is 9.84 Å². The van der Waals surface area contributed by atoms with Gasteiger partial charge in [-0.1, -0.05) is 6.58 Å². The van der Waals surface area contributed by atoms with Gasteiger partial charge in [0.05, 0.1) is 40.8 Å². The molecule has 6 aliphatic heterocycles. The fourth-order valence-corrected chi connectivity index (χ4v) is 12.2. The van der Waals surface area contributed by atoms with Crippen LogP contribution in [0.1, 0.15) is 64.4 Å². The average molecular weight is 922 g/mol. The summed E-state index contributed by atoms with van der Waals surface area (Å²) in [5.74, 6) is -0.992. The van der Waals surface area contributed by atoms with E-state index in [-0.39, 0.29) is 67.2 Å². The van der Waals surface area contributed by atoms with Crippen molar-refractivity contribution >= 4 is 79.2 Å². The van der Waals surface area contributed by atoms with E-state index in [9.17, 15) is 36.8 Å². The van der Waals surface area contributed by atoms with Gasteiger partial charge in [-0.25, -0.2) is 27.8 Å². The molecule has 0 radical (unpaired) electrons. The fraction of sp³-hybridized carbons (Fsp3) is 0.444. The molecule has 3 aromatic heterocycles. The number of piperidine rings is 2. The van der Waals surface area contributed by atoms with Crippen LogP contribution in [0.2, 0.25) is 0 Å². The molecule has 66 heavy (non-hydrogen) atoms. The average Bonchev–Trinajstić information content (AvgIpc) is 3.88. The SMILES string of the molecule is C=CC(=O)N1CCCC1c1cnc(N2CC(C3CN(c4ccc5c(c4)C(=O)N(C4CCC(=O)NC4=O)C5=O)CCS3(=O)=O)C2)c2cnc(Nc3ccnc(N4CC[C@@H](OC)[C@@H](F)C4)n3)cc12. The van der Waals surface area contributed by atoms with Crippen LogP contribution < -0.4 is 25.3 Å². The maximum absolute atomic E-state index is 14.8. The Morgan fingerprint density at radius 2 is 1.70 bits per heavy atom. The normalized spacial score (nSPS) is 25.5. The molecule has 19 nitrogen and oxygen atoms in total. The molecule has 0 bridgehead atoms. The van der Waals surface area contributed by atoms with Gasteiger partial charge in [0.2, 0.25) is 23.7 Å². The van der Waals surface area contributed by atoms with E-state index in [2.05, 4.69) is 27.2 Å². The van der Waals surface area contributed by atoms with E-state index in [1.54, 1.807) is 46.6 Å². The van der Waals surface area contributed by atoms with Gasteiger partial charge < -0.3 is 29.7 Å². The smallest absolute Gasteiger partial charge is 0.262 e. The third kappa shape index (κ3) is 7.66. The third-order valence-electron chi connectivity index (χ3n) is 13.8. The number of likely N-dealkylation sites (tertiary alicyclic amines) is 1. The van der Waals surface area contributed by atoms with Crippen molar-refractivity contribution in [3.63, 3.8) is 0 Å². The van der Waals surface area contributed by atoms with Gasteiger partial charge in [0, 0.05) is 93.9 Å². The minimum absolute atomic E-state index is 0.00860. The van der Waals surface area contributed by atoms with Crippen molar-refractivity contribution in [1.29, 1.82) is 0 Å². The predicted molar refractivity (Wildman–Crippen MR) is 240 cm³/mol. The number of hydrogen-bond acceptors (Lipinski definition) is 16. The van der Waals surface area contributed by atoms with Gasteiger partial charge in [0.25, 0.3) is 11.8 Å². The summed E-state index contributed by atoms with van der Waals surface area (Å²) in [6, 6.07) is 7.05. The van der Waals surface area contributed by atoms with Crippen LogP contribution in [-0.2, 0) is 29.0 Å². The van der Waals surface area contributed by atoms with E-state index in [0.717, 1.165) is 34.1 Å².